The van der Waals surface area contributed by atoms with Crippen molar-refractivity contribution in [3.05, 3.63) is 65.2 Å². The van der Waals surface area contributed by atoms with Gasteiger partial charge in [0.2, 0.25) is 0 Å². The standard InChI is InChI=1S/C34H52O3/c1-4-6-8-9-10-11-12-13-14-15-16-17-18-19-30-20-22-32(23-21-30)34(35)37-33-26-24-31(25-27-33)29(3)36-28-7-5-2/h20-27,29H,4-19,28H2,1-3H3. The third-order valence-electron chi connectivity index (χ3n) is 7.18. The molecule has 0 fully saturated rings. The lowest BCUT2D eigenvalue weighted by Crippen LogP contribution is -2.08. The summed E-state index contributed by atoms with van der Waals surface area (Å²) in [6.07, 6.45) is 21.2. The van der Waals surface area contributed by atoms with Crippen molar-refractivity contribution in [2.75, 3.05) is 6.61 Å². The predicted octanol–water partition coefficient (Wildman–Crippen LogP) is 10.4. The van der Waals surface area contributed by atoms with Gasteiger partial charge in [0.15, 0.2) is 0 Å². The second-order valence-corrected chi connectivity index (χ2v) is 10.5. The van der Waals surface area contributed by atoms with Crippen molar-refractivity contribution in [3.63, 3.8) is 0 Å². The maximum Gasteiger partial charge on any atom is 0.343 e. The van der Waals surface area contributed by atoms with E-state index >= 15 is 0 Å². The molecule has 0 heterocycles. The van der Waals surface area contributed by atoms with Gasteiger partial charge in [-0.25, -0.2) is 4.79 Å². The molecule has 0 amide bonds. The van der Waals surface area contributed by atoms with Gasteiger partial charge in [-0.05, 0) is 61.6 Å². The number of ether oxygens (including phenoxy) is 2. The van der Waals surface area contributed by atoms with Crippen LogP contribution in [0.5, 0.6) is 5.75 Å². The minimum Gasteiger partial charge on any atom is -0.423 e. The topological polar surface area (TPSA) is 35.5 Å². The van der Waals surface area contributed by atoms with Crippen molar-refractivity contribution in [1.82, 2.24) is 0 Å². The smallest absolute Gasteiger partial charge is 0.343 e. The third kappa shape index (κ3) is 13.8. The number of unbranched alkanes of at least 4 members (excludes halogenated alkanes) is 13. The van der Waals surface area contributed by atoms with Crippen LogP contribution in [0.25, 0.3) is 0 Å². The van der Waals surface area contributed by atoms with Gasteiger partial charge in [0.25, 0.3) is 0 Å². The quantitative estimate of drug-likeness (QED) is 0.0955. The van der Waals surface area contributed by atoms with Crippen LogP contribution in [0, 0.1) is 0 Å². The number of rotatable bonds is 21. The van der Waals surface area contributed by atoms with Crippen LogP contribution < -0.4 is 4.74 Å². The van der Waals surface area contributed by atoms with E-state index < -0.39 is 0 Å². The maximum atomic E-state index is 12.6. The molecule has 0 N–H and O–H groups in total. The van der Waals surface area contributed by atoms with Crippen molar-refractivity contribution in [2.45, 2.75) is 130 Å². The molecule has 2 rings (SSSR count). The SMILES string of the molecule is CCCCCCCCCCCCCCCc1ccc(C(=O)Oc2ccc(C(C)OCCCC)cc2)cc1. The van der Waals surface area contributed by atoms with Crippen molar-refractivity contribution < 1.29 is 14.3 Å². The van der Waals surface area contributed by atoms with E-state index in [-0.39, 0.29) is 12.1 Å². The number of hydrogen-bond donors (Lipinski definition) is 0. The Labute approximate surface area is 227 Å². The molecule has 3 nitrogen and oxygen atoms in total. The first-order valence-electron chi connectivity index (χ1n) is 15.2. The summed E-state index contributed by atoms with van der Waals surface area (Å²) in [5, 5.41) is 0. The van der Waals surface area contributed by atoms with E-state index in [0.29, 0.717) is 11.3 Å². The Bertz CT molecular complexity index is 825. The first-order valence-corrected chi connectivity index (χ1v) is 15.2. The molecule has 2 aromatic carbocycles. The lowest BCUT2D eigenvalue weighted by atomic mass is 10.0. The molecule has 3 heteroatoms. The van der Waals surface area contributed by atoms with E-state index in [2.05, 4.69) is 32.9 Å². The number of aryl methyl sites for hydroxylation is 1. The molecule has 0 bridgehead atoms. The summed E-state index contributed by atoms with van der Waals surface area (Å²) < 4.78 is 11.4. The van der Waals surface area contributed by atoms with Crippen LogP contribution in [0.1, 0.15) is 145 Å². The van der Waals surface area contributed by atoms with Gasteiger partial charge < -0.3 is 9.47 Å². The molecular formula is C34H52O3. The van der Waals surface area contributed by atoms with Crippen LogP contribution in [0.3, 0.4) is 0 Å². The Morgan fingerprint density at radius 2 is 1.16 bits per heavy atom. The molecule has 0 saturated carbocycles. The fourth-order valence-electron chi connectivity index (χ4n) is 4.63. The van der Waals surface area contributed by atoms with E-state index in [0.717, 1.165) is 31.4 Å². The summed E-state index contributed by atoms with van der Waals surface area (Å²) in [7, 11) is 0. The van der Waals surface area contributed by atoms with E-state index in [4.69, 9.17) is 9.47 Å². The molecule has 0 saturated heterocycles. The zero-order valence-corrected chi connectivity index (χ0v) is 23.9. The summed E-state index contributed by atoms with van der Waals surface area (Å²) in [5.74, 6) is 0.248. The first kappa shape index (κ1) is 31.1. The van der Waals surface area contributed by atoms with Crippen LogP contribution in [-0.2, 0) is 11.2 Å². The van der Waals surface area contributed by atoms with Gasteiger partial charge in [-0.3, -0.25) is 0 Å². The van der Waals surface area contributed by atoms with Gasteiger partial charge in [0, 0.05) is 6.61 Å². The van der Waals surface area contributed by atoms with Crippen LogP contribution in [-0.4, -0.2) is 12.6 Å². The van der Waals surface area contributed by atoms with Gasteiger partial charge in [-0.1, -0.05) is 122 Å². The normalized spacial score (nSPS) is 12.0. The van der Waals surface area contributed by atoms with Gasteiger partial charge in [0.05, 0.1) is 11.7 Å². The van der Waals surface area contributed by atoms with Crippen LogP contribution in [0.4, 0.5) is 0 Å². The second-order valence-electron chi connectivity index (χ2n) is 10.5. The molecule has 0 aliphatic rings. The average molecular weight is 509 g/mol. The molecule has 0 aromatic heterocycles. The van der Waals surface area contributed by atoms with Gasteiger partial charge in [0.1, 0.15) is 5.75 Å². The molecule has 2 aromatic rings. The van der Waals surface area contributed by atoms with Gasteiger partial charge >= 0.3 is 5.97 Å². The lowest BCUT2D eigenvalue weighted by molar-refractivity contribution is 0.0636. The average Bonchev–Trinajstić information content (AvgIpc) is 2.92. The minimum atomic E-state index is -0.312. The van der Waals surface area contributed by atoms with Crippen molar-refractivity contribution in [3.8, 4) is 5.75 Å². The lowest BCUT2D eigenvalue weighted by Gasteiger charge is -2.13. The first-order chi connectivity index (χ1) is 18.1. The van der Waals surface area contributed by atoms with Crippen molar-refractivity contribution in [1.29, 1.82) is 0 Å². The summed E-state index contributed by atoms with van der Waals surface area (Å²) in [4.78, 5) is 12.6. The van der Waals surface area contributed by atoms with Crippen molar-refractivity contribution in [2.24, 2.45) is 0 Å². The highest BCUT2D eigenvalue weighted by Crippen LogP contribution is 2.22. The Kier molecular flexibility index (Phi) is 16.7. The monoisotopic (exact) mass is 508 g/mol. The molecule has 0 aliphatic carbocycles. The molecule has 1 unspecified atom stereocenters. The van der Waals surface area contributed by atoms with E-state index in [1.54, 1.807) is 0 Å². The Balaban J connectivity index is 1.57. The number of carbonyl (C=O) groups excluding carboxylic acids is 1. The summed E-state index contributed by atoms with van der Waals surface area (Å²) >= 11 is 0. The highest BCUT2D eigenvalue weighted by Gasteiger charge is 2.10. The summed E-state index contributed by atoms with van der Waals surface area (Å²) in [5.41, 5.74) is 2.98. The van der Waals surface area contributed by atoms with Crippen LogP contribution in [0.2, 0.25) is 0 Å². The molecule has 37 heavy (non-hydrogen) atoms. The second kappa shape index (κ2) is 19.9. The minimum absolute atomic E-state index is 0.0405. The van der Waals surface area contributed by atoms with Gasteiger partial charge in [-0.15, -0.1) is 0 Å². The predicted molar refractivity (Wildman–Crippen MR) is 157 cm³/mol. The van der Waals surface area contributed by atoms with E-state index in [1.165, 1.54) is 89.0 Å². The molecule has 0 spiro atoms. The highest BCUT2D eigenvalue weighted by molar-refractivity contribution is 5.91. The zero-order valence-electron chi connectivity index (χ0n) is 23.9. The highest BCUT2D eigenvalue weighted by atomic mass is 16.5. The Morgan fingerprint density at radius 1 is 0.649 bits per heavy atom. The van der Waals surface area contributed by atoms with Crippen LogP contribution in [0.15, 0.2) is 48.5 Å². The number of carbonyl (C=O) groups is 1. The molecule has 0 aliphatic heterocycles. The molecule has 206 valence electrons. The molecule has 1 atom stereocenters. The van der Waals surface area contributed by atoms with E-state index in [1.807, 2.05) is 36.4 Å². The summed E-state index contributed by atoms with van der Waals surface area (Å²) in [6, 6.07) is 15.5. The third-order valence-corrected chi connectivity index (χ3v) is 7.18. The van der Waals surface area contributed by atoms with Crippen molar-refractivity contribution >= 4 is 5.97 Å². The Hall–Kier alpha value is -2.13. The zero-order chi connectivity index (χ0) is 26.6. The molecular weight excluding hydrogens is 456 g/mol. The van der Waals surface area contributed by atoms with Gasteiger partial charge in [-0.2, -0.15) is 0 Å². The number of hydrogen-bond acceptors (Lipinski definition) is 3. The fraction of sp³-hybridized carbons (Fsp3) is 0.618. The molecule has 0 radical (unpaired) electrons. The van der Waals surface area contributed by atoms with E-state index in [9.17, 15) is 4.79 Å². The number of esters is 1. The maximum absolute atomic E-state index is 12.6. The Morgan fingerprint density at radius 3 is 1.70 bits per heavy atom. The number of benzene rings is 2. The largest absolute Gasteiger partial charge is 0.423 e. The summed E-state index contributed by atoms with van der Waals surface area (Å²) in [6.45, 7) is 7.26. The fourth-order valence-corrected chi connectivity index (χ4v) is 4.63. The van der Waals surface area contributed by atoms with Crippen LogP contribution >= 0.6 is 0 Å².